The zero-order valence-corrected chi connectivity index (χ0v) is 30.6. The van der Waals surface area contributed by atoms with Crippen LogP contribution in [0.4, 0.5) is 26.3 Å². The van der Waals surface area contributed by atoms with Crippen molar-refractivity contribution < 1.29 is 26.3 Å². The van der Waals surface area contributed by atoms with Crippen LogP contribution in [0.2, 0.25) is 5.02 Å². The highest BCUT2D eigenvalue weighted by Crippen LogP contribution is 2.47. The molecule has 57 heavy (non-hydrogen) atoms. The number of fused-ring (bicyclic) bond motifs is 6. The van der Waals surface area contributed by atoms with Crippen LogP contribution in [0.1, 0.15) is 11.1 Å². The molecule has 0 unspecified atom stereocenters. The predicted molar refractivity (Wildman–Crippen MR) is 224 cm³/mol. The van der Waals surface area contributed by atoms with Crippen LogP contribution in [0.3, 0.4) is 0 Å². The fraction of sp³-hybridized carbons (Fsp3) is 0.0400. The fourth-order valence-electron chi connectivity index (χ4n) is 7.79. The average molecular weight is 779 g/mol. The van der Waals surface area contributed by atoms with E-state index < -0.39 is 23.5 Å². The Hall–Kier alpha value is -6.37. The highest BCUT2D eigenvalue weighted by molar-refractivity contribution is 6.31. The van der Waals surface area contributed by atoms with Crippen molar-refractivity contribution in [3.8, 4) is 22.3 Å². The monoisotopic (exact) mass is 778 g/mol. The molecule has 0 aliphatic rings. The molecule has 0 atom stereocenters. The zero-order chi connectivity index (χ0) is 39.5. The maximum absolute atomic E-state index is 13.9. The van der Waals surface area contributed by atoms with Gasteiger partial charge < -0.3 is 0 Å². The predicted octanol–water partition coefficient (Wildman–Crippen LogP) is 16.3. The van der Waals surface area contributed by atoms with Gasteiger partial charge in [0.2, 0.25) is 0 Å². The van der Waals surface area contributed by atoms with Gasteiger partial charge in [0.1, 0.15) is 0 Å². The molecule has 10 rings (SSSR count). The average Bonchev–Trinajstić information content (AvgIpc) is 3.20. The third-order valence-corrected chi connectivity index (χ3v) is 10.8. The van der Waals surface area contributed by atoms with Crippen LogP contribution in [0.5, 0.6) is 0 Å². The summed E-state index contributed by atoms with van der Waals surface area (Å²) in [6.45, 7) is 0. The Morgan fingerprint density at radius 2 is 0.632 bits per heavy atom. The van der Waals surface area contributed by atoms with Gasteiger partial charge in [0.25, 0.3) is 0 Å². The molecule has 10 aromatic rings. The minimum Gasteiger partial charge on any atom is -0.166 e. The second-order valence-corrected chi connectivity index (χ2v) is 14.5. The number of hydrogen-bond acceptors (Lipinski definition) is 0. The largest absolute Gasteiger partial charge is 0.416 e. The van der Waals surface area contributed by atoms with Crippen molar-refractivity contribution >= 4 is 76.2 Å². The Morgan fingerprint density at radius 1 is 0.298 bits per heavy atom. The molecule has 278 valence electrons. The molecule has 0 spiro atoms. The summed E-state index contributed by atoms with van der Waals surface area (Å²) in [7, 11) is 0. The Balaban J connectivity index is 0.000000194. The van der Waals surface area contributed by atoms with E-state index in [1.165, 1.54) is 50.5 Å². The summed E-state index contributed by atoms with van der Waals surface area (Å²) in [5.74, 6) is 0. The van der Waals surface area contributed by atoms with Gasteiger partial charge in [0, 0.05) is 5.02 Å². The van der Waals surface area contributed by atoms with Crippen molar-refractivity contribution in [2.24, 2.45) is 0 Å². The van der Waals surface area contributed by atoms with Crippen molar-refractivity contribution in [2.75, 3.05) is 0 Å². The summed E-state index contributed by atoms with van der Waals surface area (Å²) < 4.78 is 81.6. The van der Waals surface area contributed by atoms with Gasteiger partial charge >= 0.3 is 12.4 Å². The number of alkyl halides is 6. The van der Waals surface area contributed by atoms with Crippen molar-refractivity contribution in [2.45, 2.75) is 12.4 Å². The van der Waals surface area contributed by atoms with Gasteiger partial charge in [0.15, 0.2) is 0 Å². The van der Waals surface area contributed by atoms with E-state index in [9.17, 15) is 26.3 Å². The first kappa shape index (κ1) is 36.3. The van der Waals surface area contributed by atoms with Gasteiger partial charge in [-0.25, -0.2) is 0 Å². The molecular formula is C50H29ClF6. The van der Waals surface area contributed by atoms with Gasteiger partial charge in [-0.15, -0.1) is 0 Å². The second kappa shape index (κ2) is 14.0. The van der Waals surface area contributed by atoms with E-state index in [4.69, 9.17) is 11.6 Å². The van der Waals surface area contributed by atoms with Crippen LogP contribution < -0.4 is 0 Å². The molecule has 0 aliphatic heterocycles. The number of rotatable bonds is 2. The molecule has 0 aliphatic carbocycles. The number of benzene rings is 10. The van der Waals surface area contributed by atoms with E-state index >= 15 is 0 Å². The van der Waals surface area contributed by atoms with Crippen molar-refractivity contribution in [3.05, 3.63) is 192 Å². The highest BCUT2D eigenvalue weighted by Gasteiger charge is 2.32. The molecule has 0 aromatic heterocycles. The van der Waals surface area contributed by atoms with Crippen molar-refractivity contribution in [3.63, 3.8) is 0 Å². The Kier molecular flexibility index (Phi) is 8.90. The van der Waals surface area contributed by atoms with Gasteiger partial charge in [-0.3, -0.25) is 0 Å². The third-order valence-electron chi connectivity index (χ3n) is 10.5. The van der Waals surface area contributed by atoms with Gasteiger partial charge in [-0.2, -0.15) is 26.3 Å². The summed E-state index contributed by atoms with van der Waals surface area (Å²) in [6.07, 6.45) is -9.15. The lowest BCUT2D eigenvalue weighted by atomic mass is 9.84. The molecule has 0 saturated carbocycles. The van der Waals surface area contributed by atoms with E-state index in [1.54, 1.807) is 24.3 Å². The van der Waals surface area contributed by atoms with Gasteiger partial charge in [-0.1, -0.05) is 115 Å². The fourth-order valence-corrected chi connectivity index (χ4v) is 7.91. The maximum atomic E-state index is 13.9. The lowest BCUT2D eigenvalue weighted by molar-refractivity contribution is -0.138. The minimum atomic E-state index is -4.61. The van der Waals surface area contributed by atoms with E-state index in [1.807, 2.05) is 36.4 Å². The van der Waals surface area contributed by atoms with Crippen molar-refractivity contribution in [1.29, 1.82) is 0 Å². The summed E-state index contributed by atoms with van der Waals surface area (Å²) in [5, 5.41) is 12.4. The Morgan fingerprint density at radius 3 is 1.04 bits per heavy atom. The molecule has 0 nitrogen and oxygen atoms in total. The van der Waals surface area contributed by atoms with Crippen molar-refractivity contribution in [1.82, 2.24) is 0 Å². The van der Waals surface area contributed by atoms with Gasteiger partial charge in [0.05, 0.1) is 11.1 Å². The van der Waals surface area contributed by atoms with E-state index in [2.05, 4.69) is 72.8 Å². The SMILES string of the molecule is FC(F)(F)c1ccc(-c2c3cc(C(F)(F)F)ccc3c(-c3ccc(Cl)cc3)c3cc4ccccc4cc23)cc1.c1ccc2cc3cc4ccccc4cc3cc2c1. The summed E-state index contributed by atoms with van der Waals surface area (Å²) in [6, 6.07) is 52.7. The lowest BCUT2D eigenvalue weighted by Gasteiger charge is -2.20. The van der Waals surface area contributed by atoms with Crippen LogP contribution in [-0.4, -0.2) is 0 Å². The topological polar surface area (TPSA) is 0 Å². The maximum Gasteiger partial charge on any atom is 0.416 e. The molecule has 10 aromatic carbocycles. The standard InChI is InChI=1S/C32H17ClF6.C18H12/c33-24-12-7-19(8-13-24)29-25-14-11-23(32(37,38)39)17-28(25)30(18-5-9-22(10-6-18)31(34,35)36)27-16-21-4-2-1-3-20(21)15-26(27)29;1-2-6-14-10-18-12-16-8-4-3-7-15(16)11-17(18)9-13(14)5-1/h1-17H;1-12H. The van der Waals surface area contributed by atoms with Crippen LogP contribution in [0, 0.1) is 0 Å². The summed E-state index contributed by atoms with van der Waals surface area (Å²) in [4.78, 5) is 0. The molecular weight excluding hydrogens is 750 g/mol. The molecule has 0 bridgehead atoms. The van der Waals surface area contributed by atoms with E-state index in [0.717, 1.165) is 46.0 Å². The normalized spacial score (nSPS) is 12.1. The Labute approximate surface area is 328 Å². The van der Waals surface area contributed by atoms with Crippen LogP contribution >= 0.6 is 11.6 Å². The van der Waals surface area contributed by atoms with Crippen LogP contribution in [0.15, 0.2) is 176 Å². The first-order valence-corrected chi connectivity index (χ1v) is 18.5. The van der Waals surface area contributed by atoms with E-state index in [0.29, 0.717) is 32.5 Å². The molecule has 0 N–H and O–H groups in total. The molecule has 0 fully saturated rings. The first-order valence-electron chi connectivity index (χ1n) is 18.1. The van der Waals surface area contributed by atoms with Crippen LogP contribution in [-0.2, 0) is 12.4 Å². The first-order chi connectivity index (χ1) is 27.4. The zero-order valence-electron chi connectivity index (χ0n) is 29.9. The van der Waals surface area contributed by atoms with E-state index in [-0.39, 0.29) is 5.39 Å². The molecule has 0 radical (unpaired) electrons. The van der Waals surface area contributed by atoms with Gasteiger partial charge in [-0.05, 0) is 160 Å². The molecule has 7 heteroatoms. The van der Waals surface area contributed by atoms with Crippen LogP contribution in [0.25, 0.3) is 86.9 Å². The smallest absolute Gasteiger partial charge is 0.166 e. The summed E-state index contributed by atoms with van der Waals surface area (Å²) >= 11 is 6.13. The number of halogens is 7. The highest BCUT2D eigenvalue weighted by atomic mass is 35.5. The lowest BCUT2D eigenvalue weighted by Crippen LogP contribution is -2.05. The third kappa shape index (κ3) is 6.91. The quantitative estimate of drug-likeness (QED) is 0.121. The molecule has 0 saturated heterocycles. The molecule has 0 heterocycles. The minimum absolute atomic E-state index is 0.289. The second-order valence-electron chi connectivity index (χ2n) is 14.1. The Bertz CT molecular complexity index is 3000. The summed E-state index contributed by atoms with van der Waals surface area (Å²) in [5.41, 5.74) is 0.609. The number of hydrogen-bond donors (Lipinski definition) is 0. The molecule has 0 amide bonds.